The molecule has 1 aliphatic heterocycles. The number of hydrogen-bond acceptors (Lipinski definition) is 3. The summed E-state index contributed by atoms with van der Waals surface area (Å²) < 4.78 is 48.9. The van der Waals surface area contributed by atoms with Crippen LogP contribution in [0.2, 0.25) is 0 Å². The highest BCUT2D eigenvalue weighted by Gasteiger charge is 2.33. The minimum absolute atomic E-state index is 0.147. The van der Waals surface area contributed by atoms with Crippen molar-refractivity contribution in [2.45, 2.75) is 29.5 Å². The summed E-state index contributed by atoms with van der Waals surface area (Å²) in [6.45, 7) is 0.687. The van der Waals surface area contributed by atoms with Crippen molar-refractivity contribution in [1.82, 2.24) is 0 Å². The number of para-hydroxylation sites is 1. The molecule has 0 spiro atoms. The van der Waals surface area contributed by atoms with E-state index in [-0.39, 0.29) is 10.9 Å². The predicted molar refractivity (Wildman–Crippen MR) is 73.8 cm³/mol. The van der Waals surface area contributed by atoms with Gasteiger partial charge in [0.15, 0.2) is 0 Å². The van der Waals surface area contributed by atoms with Crippen molar-refractivity contribution in [1.29, 1.82) is 0 Å². The van der Waals surface area contributed by atoms with Crippen molar-refractivity contribution in [3.63, 3.8) is 0 Å². The Bertz CT molecular complexity index is 550. The maximum Gasteiger partial charge on any atom is 0.341 e. The van der Waals surface area contributed by atoms with Gasteiger partial charge in [-0.05, 0) is 25.0 Å². The van der Waals surface area contributed by atoms with Gasteiger partial charge in [-0.2, -0.15) is 8.78 Å². The van der Waals surface area contributed by atoms with Gasteiger partial charge >= 0.3 is 5.76 Å². The second-order valence-corrected chi connectivity index (χ2v) is 6.95. The SMILES string of the molecule is O=S(=O)(c1ccccc1N1CCCC1CBr)C(F)F. The second-order valence-electron chi connectivity index (χ2n) is 4.42. The zero-order valence-corrected chi connectivity index (χ0v) is 12.5. The van der Waals surface area contributed by atoms with Gasteiger partial charge in [-0.3, -0.25) is 0 Å². The van der Waals surface area contributed by atoms with Crippen molar-refractivity contribution >= 4 is 31.5 Å². The lowest BCUT2D eigenvalue weighted by Crippen LogP contribution is -2.32. The second kappa shape index (κ2) is 5.75. The molecule has 1 aromatic rings. The molecule has 0 aromatic heterocycles. The van der Waals surface area contributed by atoms with Crippen LogP contribution in [0.4, 0.5) is 14.5 Å². The summed E-state index contributed by atoms with van der Waals surface area (Å²) in [5, 5.41) is 0.691. The summed E-state index contributed by atoms with van der Waals surface area (Å²) in [6.07, 6.45) is 1.85. The predicted octanol–water partition coefficient (Wildman–Crippen LogP) is 3.05. The monoisotopic (exact) mass is 353 g/mol. The largest absolute Gasteiger partial charge is 0.367 e. The summed E-state index contributed by atoms with van der Waals surface area (Å²) >= 11 is 3.38. The molecule has 0 bridgehead atoms. The van der Waals surface area contributed by atoms with E-state index in [1.54, 1.807) is 12.1 Å². The maximum absolute atomic E-state index is 12.7. The lowest BCUT2D eigenvalue weighted by Gasteiger charge is -2.27. The van der Waals surface area contributed by atoms with Crippen LogP contribution in [0.1, 0.15) is 12.8 Å². The molecule has 1 fully saturated rings. The van der Waals surface area contributed by atoms with Crippen LogP contribution < -0.4 is 4.90 Å². The molecule has 2 rings (SSSR count). The number of halogens is 3. The van der Waals surface area contributed by atoms with Gasteiger partial charge in [-0.1, -0.05) is 28.1 Å². The van der Waals surface area contributed by atoms with Crippen molar-refractivity contribution < 1.29 is 17.2 Å². The first-order valence-electron chi connectivity index (χ1n) is 5.92. The number of sulfone groups is 1. The Labute approximate surface area is 119 Å². The van der Waals surface area contributed by atoms with Gasteiger partial charge in [0, 0.05) is 17.9 Å². The number of alkyl halides is 3. The first-order valence-corrected chi connectivity index (χ1v) is 8.59. The molecule has 1 aromatic carbocycles. The molecule has 0 aliphatic carbocycles. The van der Waals surface area contributed by atoms with Gasteiger partial charge in [0.25, 0.3) is 0 Å². The smallest absolute Gasteiger partial charge is 0.341 e. The van der Waals surface area contributed by atoms with Gasteiger partial charge < -0.3 is 4.90 Å². The van der Waals surface area contributed by atoms with E-state index in [1.807, 2.05) is 4.90 Å². The molecule has 0 amide bonds. The first-order chi connectivity index (χ1) is 8.98. The minimum Gasteiger partial charge on any atom is -0.367 e. The quantitative estimate of drug-likeness (QED) is 0.780. The Morgan fingerprint density at radius 3 is 2.68 bits per heavy atom. The molecular weight excluding hydrogens is 340 g/mol. The van der Waals surface area contributed by atoms with E-state index in [1.165, 1.54) is 12.1 Å². The molecule has 3 nitrogen and oxygen atoms in total. The third kappa shape index (κ3) is 2.76. The van der Waals surface area contributed by atoms with E-state index in [4.69, 9.17) is 0 Å². The zero-order chi connectivity index (χ0) is 14.0. The van der Waals surface area contributed by atoms with Crippen molar-refractivity contribution in [3.05, 3.63) is 24.3 Å². The Morgan fingerprint density at radius 2 is 2.05 bits per heavy atom. The molecule has 1 unspecified atom stereocenters. The Hall–Kier alpha value is -0.690. The summed E-state index contributed by atoms with van der Waals surface area (Å²) in [5.41, 5.74) is 0.379. The van der Waals surface area contributed by atoms with Gasteiger partial charge in [0.05, 0.1) is 10.6 Å². The fourth-order valence-corrected chi connectivity index (χ4v) is 3.95. The molecule has 19 heavy (non-hydrogen) atoms. The molecule has 0 radical (unpaired) electrons. The molecular formula is C12H14BrF2NO2S. The maximum atomic E-state index is 12.7. The highest BCUT2D eigenvalue weighted by Crippen LogP contribution is 2.34. The third-order valence-corrected chi connectivity index (χ3v) is 5.45. The average molecular weight is 354 g/mol. The van der Waals surface area contributed by atoms with E-state index in [0.29, 0.717) is 17.6 Å². The van der Waals surface area contributed by atoms with Crippen LogP contribution in [0.25, 0.3) is 0 Å². The van der Waals surface area contributed by atoms with E-state index >= 15 is 0 Å². The van der Waals surface area contributed by atoms with Gasteiger partial charge in [-0.25, -0.2) is 8.42 Å². The number of benzene rings is 1. The fourth-order valence-electron chi connectivity index (χ4n) is 2.34. The number of nitrogens with zero attached hydrogens (tertiary/aromatic N) is 1. The number of hydrogen-bond donors (Lipinski definition) is 0. The van der Waals surface area contributed by atoms with Crippen LogP contribution in [0.15, 0.2) is 29.2 Å². The Balaban J connectivity index is 2.48. The third-order valence-electron chi connectivity index (χ3n) is 3.27. The van der Waals surface area contributed by atoms with E-state index in [0.717, 1.165) is 12.8 Å². The van der Waals surface area contributed by atoms with Crippen molar-refractivity contribution in [2.75, 3.05) is 16.8 Å². The lowest BCUT2D eigenvalue weighted by atomic mass is 10.2. The highest BCUT2D eigenvalue weighted by molar-refractivity contribution is 9.09. The van der Waals surface area contributed by atoms with Gasteiger partial charge in [0.2, 0.25) is 9.84 Å². The van der Waals surface area contributed by atoms with Crippen LogP contribution >= 0.6 is 15.9 Å². The van der Waals surface area contributed by atoms with Gasteiger partial charge in [0.1, 0.15) is 0 Å². The van der Waals surface area contributed by atoms with E-state index in [2.05, 4.69) is 15.9 Å². The molecule has 1 heterocycles. The van der Waals surface area contributed by atoms with Crippen LogP contribution in [-0.4, -0.2) is 32.1 Å². The molecule has 0 N–H and O–H groups in total. The molecule has 0 saturated carbocycles. The van der Waals surface area contributed by atoms with Crippen molar-refractivity contribution in [3.8, 4) is 0 Å². The normalized spacial score (nSPS) is 20.2. The Kier molecular flexibility index (Phi) is 4.45. The summed E-state index contributed by atoms with van der Waals surface area (Å²) in [7, 11) is -4.57. The van der Waals surface area contributed by atoms with Crippen LogP contribution in [0, 0.1) is 0 Å². The van der Waals surface area contributed by atoms with E-state index in [9.17, 15) is 17.2 Å². The minimum atomic E-state index is -4.57. The van der Waals surface area contributed by atoms with Crippen LogP contribution in [-0.2, 0) is 9.84 Å². The molecule has 1 atom stereocenters. The number of anilines is 1. The Morgan fingerprint density at radius 1 is 1.37 bits per heavy atom. The zero-order valence-electron chi connectivity index (χ0n) is 10.1. The van der Waals surface area contributed by atoms with Crippen molar-refractivity contribution in [2.24, 2.45) is 0 Å². The molecule has 7 heteroatoms. The first kappa shape index (κ1) is 14.7. The number of rotatable bonds is 4. The fraction of sp³-hybridized carbons (Fsp3) is 0.500. The summed E-state index contributed by atoms with van der Waals surface area (Å²) in [5.74, 6) is -3.39. The van der Waals surface area contributed by atoms with Crippen LogP contribution in [0.3, 0.4) is 0 Å². The average Bonchev–Trinajstić information content (AvgIpc) is 2.86. The summed E-state index contributed by atoms with van der Waals surface area (Å²) in [6, 6.07) is 6.13. The molecule has 106 valence electrons. The van der Waals surface area contributed by atoms with Crippen LogP contribution in [0.5, 0.6) is 0 Å². The lowest BCUT2D eigenvalue weighted by molar-refractivity contribution is 0.235. The van der Waals surface area contributed by atoms with E-state index < -0.39 is 15.6 Å². The highest BCUT2D eigenvalue weighted by atomic mass is 79.9. The molecule has 1 saturated heterocycles. The van der Waals surface area contributed by atoms with Gasteiger partial charge in [-0.15, -0.1) is 0 Å². The molecule has 1 aliphatic rings. The summed E-state index contributed by atoms with van der Waals surface area (Å²) in [4.78, 5) is 1.61. The standard InChI is InChI=1S/C12H14BrF2NO2S/c13-8-9-4-3-7-16(9)10-5-1-2-6-11(10)19(17,18)12(14)15/h1-2,5-6,9,12H,3-4,7-8H2. The topological polar surface area (TPSA) is 37.4 Å².